The molecule has 2 fully saturated rings. The van der Waals surface area contributed by atoms with Crippen molar-refractivity contribution < 1.29 is 19.4 Å². The molecule has 1 saturated heterocycles. The van der Waals surface area contributed by atoms with Gasteiger partial charge in [0.2, 0.25) is 5.91 Å². The van der Waals surface area contributed by atoms with Crippen LogP contribution in [0.3, 0.4) is 0 Å². The highest BCUT2D eigenvalue weighted by Gasteiger charge is 2.54. The van der Waals surface area contributed by atoms with E-state index >= 15 is 0 Å². The number of hydrogen-bond donors (Lipinski definition) is 1. The molecule has 1 amide bonds. The van der Waals surface area contributed by atoms with Gasteiger partial charge in [-0.1, -0.05) is 18.6 Å². The highest BCUT2D eigenvalue weighted by Crippen LogP contribution is 2.48. The first kappa shape index (κ1) is 20.5. The Morgan fingerprint density at radius 2 is 2.19 bits per heavy atom. The molecule has 0 spiro atoms. The summed E-state index contributed by atoms with van der Waals surface area (Å²) in [6.45, 7) is 2.00. The highest BCUT2D eigenvalue weighted by atomic mass is 35.5. The van der Waals surface area contributed by atoms with Crippen LogP contribution in [0.15, 0.2) is 24.3 Å². The van der Waals surface area contributed by atoms with Crippen molar-refractivity contribution >= 4 is 24.3 Å². The standard InChI is InChI=1S/C19H26N2O4.ClH/c1-20(10-14-5-3-7-16(9-14)25-2)17(22)12-21-11-15-6-4-8-19(15,13-21)18(23)24;/h3,5,7,9,15H,4,6,8,10-13H2,1-2H3,(H,23,24);1H/t15-,19+;/m0./s1. The summed E-state index contributed by atoms with van der Waals surface area (Å²) < 4.78 is 5.21. The van der Waals surface area contributed by atoms with Crippen LogP contribution in [0.25, 0.3) is 0 Å². The second-order valence-electron chi connectivity index (χ2n) is 7.32. The number of hydrogen-bond acceptors (Lipinski definition) is 4. The zero-order chi connectivity index (χ0) is 18.0. The first-order chi connectivity index (χ1) is 11.9. The third-order valence-electron chi connectivity index (χ3n) is 5.71. The van der Waals surface area contributed by atoms with Gasteiger partial charge in [-0.15, -0.1) is 12.4 Å². The third-order valence-corrected chi connectivity index (χ3v) is 5.71. The summed E-state index contributed by atoms with van der Waals surface area (Å²) >= 11 is 0. The number of ether oxygens (including phenoxy) is 1. The Hall–Kier alpha value is -1.79. The lowest BCUT2D eigenvalue weighted by Gasteiger charge is -2.24. The molecule has 2 atom stereocenters. The number of likely N-dealkylation sites (tertiary alicyclic amines) is 1. The van der Waals surface area contributed by atoms with E-state index in [4.69, 9.17) is 4.74 Å². The van der Waals surface area contributed by atoms with E-state index in [0.717, 1.165) is 30.6 Å². The minimum Gasteiger partial charge on any atom is -0.497 e. The lowest BCUT2D eigenvalue weighted by molar-refractivity contribution is -0.149. The van der Waals surface area contributed by atoms with E-state index in [1.807, 2.05) is 29.2 Å². The first-order valence-electron chi connectivity index (χ1n) is 8.77. The number of rotatable bonds is 6. The van der Waals surface area contributed by atoms with Crippen molar-refractivity contribution in [3.8, 4) is 5.75 Å². The van der Waals surface area contributed by atoms with E-state index < -0.39 is 11.4 Å². The van der Waals surface area contributed by atoms with Crippen molar-refractivity contribution in [3.63, 3.8) is 0 Å². The molecule has 1 aromatic rings. The molecule has 26 heavy (non-hydrogen) atoms. The van der Waals surface area contributed by atoms with Gasteiger partial charge in [0.25, 0.3) is 0 Å². The second kappa shape index (κ2) is 8.27. The molecule has 1 heterocycles. The third kappa shape index (κ3) is 3.96. The summed E-state index contributed by atoms with van der Waals surface area (Å²) in [5, 5.41) is 9.65. The van der Waals surface area contributed by atoms with E-state index in [1.54, 1.807) is 19.1 Å². The van der Waals surface area contributed by atoms with Crippen LogP contribution in [0, 0.1) is 11.3 Å². The normalized spacial score (nSPS) is 24.6. The number of carbonyl (C=O) groups is 2. The Bertz CT molecular complexity index is 669. The van der Waals surface area contributed by atoms with Gasteiger partial charge in [0.15, 0.2) is 0 Å². The van der Waals surface area contributed by atoms with Crippen LogP contribution in [0.5, 0.6) is 5.75 Å². The number of carbonyl (C=O) groups excluding carboxylic acids is 1. The van der Waals surface area contributed by atoms with Crippen molar-refractivity contribution in [2.45, 2.75) is 25.8 Å². The quantitative estimate of drug-likeness (QED) is 0.817. The average molecular weight is 383 g/mol. The minimum absolute atomic E-state index is 0. The van der Waals surface area contributed by atoms with Gasteiger partial charge < -0.3 is 14.7 Å². The summed E-state index contributed by atoms with van der Waals surface area (Å²) in [5.74, 6) is 0.272. The predicted molar refractivity (Wildman–Crippen MR) is 101 cm³/mol. The van der Waals surface area contributed by atoms with E-state index in [0.29, 0.717) is 19.6 Å². The summed E-state index contributed by atoms with van der Waals surface area (Å²) in [6.07, 6.45) is 2.67. The first-order valence-corrected chi connectivity index (χ1v) is 8.77. The van der Waals surface area contributed by atoms with Gasteiger partial charge in [-0.25, -0.2) is 0 Å². The SMILES string of the molecule is COc1cccc(CN(C)C(=O)CN2C[C@@H]3CCC[C@@]3(C(=O)O)C2)c1.Cl. The van der Waals surface area contributed by atoms with Crippen molar-refractivity contribution in [1.29, 1.82) is 0 Å². The molecule has 144 valence electrons. The van der Waals surface area contributed by atoms with Crippen LogP contribution in [-0.2, 0) is 16.1 Å². The molecule has 1 aromatic carbocycles. The summed E-state index contributed by atoms with van der Waals surface area (Å²) in [7, 11) is 3.40. The molecular formula is C19H27ClN2O4. The Morgan fingerprint density at radius 3 is 2.85 bits per heavy atom. The van der Waals surface area contributed by atoms with Crippen LogP contribution in [0.2, 0.25) is 0 Å². The molecule has 3 rings (SSSR count). The van der Waals surface area contributed by atoms with Crippen LogP contribution >= 0.6 is 12.4 Å². The molecule has 0 bridgehead atoms. The number of halogens is 1. The number of fused-ring (bicyclic) bond motifs is 1. The zero-order valence-corrected chi connectivity index (χ0v) is 16.1. The van der Waals surface area contributed by atoms with E-state index in [9.17, 15) is 14.7 Å². The van der Waals surface area contributed by atoms with Gasteiger partial charge in [-0.3, -0.25) is 14.5 Å². The van der Waals surface area contributed by atoms with Gasteiger partial charge in [-0.05, 0) is 36.5 Å². The molecule has 0 unspecified atom stereocenters. The average Bonchev–Trinajstić information content (AvgIpc) is 3.12. The predicted octanol–water partition coefficient (Wildman–Crippen LogP) is 2.26. The lowest BCUT2D eigenvalue weighted by atomic mass is 9.81. The van der Waals surface area contributed by atoms with E-state index in [1.165, 1.54) is 0 Å². The van der Waals surface area contributed by atoms with Crippen LogP contribution in [0.4, 0.5) is 0 Å². The summed E-state index contributed by atoms with van der Waals surface area (Å²) in [4.78, 5) is 28.0. The number of carboxylic acids is 1. The Labute approximate surface area is 160 Å². The van der Waals surface area contributed by atoms with Crippen molar-refractivity contribution in [1.82, 2.24) is 9.80 Å². The Balaban J connectivity index is 0.00000243. The molecule has 6 nitrogen and oxygen atoms in total. The molecule has 0 aromatic heterocycles. The van der Waals surface area contributed by atoms with Crippen molar-refractivity contribution in [2.75, 3.05) is 33.8 Å². The largest absolute Gasteiger partial charge is 0.497 e. The van der Waals surface area contributed by atoms with Crippen molar-refractivity contribution in [3.05, 3.63) is 29.8 Å². The number of carboxylic acid groups (broad SMARTS) is 1. The fourth-order valence-electron chi connectivity index (χ4n) is 4.31. The topological polar surface area (TPSA) is 70.1 Å². The van der Waals surface area contributed by atoms with Crippen LogP contribution in [-0.4, -0.2) is 60.6 Å². The Kier molecular flexibility index (Phi) is 6.53. The number of amides is 1. The molecule has 1 N–H and O–H groups in total. The number of nitrogens with zero attached hydrogens (tertiary/aromatic N) is 2. The molecule has 1 aliphatic carbocycles. The molecular weight excluding hydrogens is 356 g/mol. The van der Waals surface area contributed by atoms with Crippen LogP contribution < -0.4 is 4.74 Å². The molecule has 1 saturated carbocycles. The molecule has 2 aliphatic rings. The van der Waals surface area contributed by atoms with Gasteiger partial charge in [0.05, 0.1) is 19.1 Å². The van der Waals surface area contributed by atoms with Gasteiger partial charge in [0, 0.05) is 26.7 Å². The lowest BCUT2D eigenvalue weighted by Crippen LogP contribution is -2.40. The monoisotopic (exact) mass is 382 g/mol. The summed E-state index contributed by atoms with van der Waals surface area (Å²) in [5.41, 5.74) is 0.376. The fourth-order valence-corrected chi connectivity index (χ4v) is 4.31. The second-order valence-corrected chi connectivity index (χ2v) is 7.32. The number of likely N-dealkylation sites (N-methyl/N-ethyl adjacent to an activating group) is 1. The van der Waals surface area contributed by atoms with Crippen molar-refractivity contribution in [2.24, 2.45) is 11.3 Å². The maximum atomic E-state index is 12.6. The summed E-state index contributed by atoms with van der Waals surface area (Å²) in [6, 6.07) is 7.67. The zero-order valence-electron chi connectivity index (χ0n) is 15.3. The Morgan fingerprint density at radius 1 is 1.42 bits per heavy atom. The molecule has 0 radical (unpaired) electrons. The minimum atomic E-state index is -0.699. The maximum absolute atomic E-state index is 12.6. The van der Waals surface area contributed by atoms with Gasteiger partial charge in [-0.2, -0.15) is 0 Å². The van der Waals surface area contributed by atoms with Gasteiger partial charge >= 0.3 is 5.97 Å². The van der Waals surface area contributed by atoms with Crippen LogP contribution in [0.1, 0.15) is 24.8 Å². The fraction of sp³-hybridized carbons (Fsp3) is 0.579. The maximum Gasteiger partial charge on any atom is 0.311 e. The highest BCUT2D eigenvalue weighted by molar-refractivity contribution is 5.85. The number of benzene rings is 1. The smallest absolute Gasteiger partial charge is 0.311 e. The van der Waals surface area contributed by atoms with E-state index in [-0.39, 0.29) is 30.8 Å². The number of aliphatic carboxylic acids is 1. The number of methoxy groups -OCH3 is 1. The molecule has 7 heteroatoms. The van der Waals surface area contributed by atoms with E-state index in [2.05, 4.69) is 0 Å². The van der Waals surface area contributed by atoms with Gasteiger partial charge in [0.1, 0.15) is 5.75 Å². The molecule has 1 aliphatic heterocycles.